The zero-order chi connectivity index (χ0) is 36.3. The number of ether oxygens (including phenoxy) is 6. The summed E-state index contributed by atoms with van der Waals surface area (Å²) in [6.07, 6.45) is 1.24. The predicted molar refractivity (Wildman–Crippen MR) is 178 cm³/mol. The number of hydrogen-bond donors (Lipinski definition) is 4. The Labute approximate surface area is 321 Å². The fourth-order valence-corrected chi connectivity index (χ4v) is 9.66. The van der Waals surface area contributed by atoms with Gasteiger partial charge in [-0.1, -0.05) is 41.5 Å². The van der Waals surface area contributed by atoms with Crippen LogP contribution in [0.5, 0.6) is 0 Å². The molecule has 1 unspecified atom stereocenters. The number of rotatable bonds is 10. The molecule has 0 aromatic rings. The van der Waals surface area contributed by atoms with E-state index in [0.717, 1.165) is 25.7 Å². The van der Waals surface area contributed by atoms with Gasteiger partial charge in [-0.3, -0.25) is 9.59 Å². The van der Waals surface area contributed by atoms with Crippen molar-refractivity contribution in [2.45, 2.75) is 179 Å². The molecule has 0 bridgehead atoms. The SMILES string of the molecule is CCC(=O)O[C@H]([C@H](C)[C@H]1O[C@@]2(CC[C@@](C)([C@H]3CC[C@@](C)(C4O[C@@H]([C@H]5O[C@@](O)(CO)[C@H](C)C[C@@H]5C)C[C@@H]4C)O3)O2)C[C@H](O)[C@H]1C)[C@@H](C)C(=O)O.[H-].[Na+]. The van der Waals surface area contributed by atoms with E-state index in [-0.39, 0.29) is 91.9 Å². The molecule has 13 heteroatoms. The zero-order valence-electron chi connectivity index (χ0n) is 32.9. The first-order valence-electron chi connectivity index (χ1n) is 18.6. The van der Waals surface area contributed by atoms with E-state index >= 15 is 0 Å². The van der Waals surface area contributed by atoms with Crippen LogP contribution in [0.1, 0.15) is 115 Å². The van der Waals surface area contributed by atoms with Gasteiger partial charge in [0.2, 0.25) is 0 Å². The van der Waals surface area contributed by atoms with Gasteiger partial charge in [0.25, 0.3) is 0 Å². The van der Waals surface area contributed by atoms with Crippen LogP contribution in [0, 0.1) is 35.5 Å². The van der Waals surface area contributed by atoms with Crippen molar-refractivity contribution in [3.05, 3.63) is 0 Å². The predicted octanol–water partition coefficient (Wildman–Crippen LogP) is 1.31. The van der Waals surface area contributed by atoms with Crippen molar-refractivity contribution in [2.24, 2.45) is 35.5 Å². The smallest absolute Gasteiger partial charge is 1.00 e. The summed E-state index contributed by atoms with van der Waals surface area (Å²) in [4.78, 5) is 24.3. The minimum atomic E-state index is -1.58. The maximum absolute atomic E-state index is 12.3. The van der Waals surface area contributed by atoms with Crippen LogP contribution in [0.15, 0.2) is 0 Å². The maximum atomic E-state index is 12.3. The standard InChI is InChI=1S/C37H62O12.Na.H/c1-10-28(40)45-30(24(7)33(41)42)23(6)31-22(5)25(39)17-36(47-31)14-13-34(8,49-36)27-11-12-35(9,46-27)32-20(3)16-26(44-32)29-19(2)15-21(4)37(43,18-38)48-29;;/h19-27,29-32,38-39,43H,10-18H2,1-9H3,(H,41,42);;/q;+1;-1/t19-,20-,21+,22+,23-,24+,25-,26+,27+,29-,30+,31-,32?,34-,35-,36+,37-;;/m0../s1. The third-order valence-electron chi connectivity index (χ3n) is 12.9. The molecule has 17 atom stereocenters. The zero-order valence-corrected chi connectivity index (χ0v) is 33.9. The van der Waals surface area contributed by atoms with Crippen molar-refractivity contribution in [1.82, 2.24) is 0 Å². The summed E-state index contributed by atoms with van der Waals surface area (Å²) in [5.74, 6) is -5.90. The number of hydrogen-bond acceptors (Lipinski definition) is 11. The minimum absolute atomic E-state index is 0. The molecule has 0 amide bonds. The molecular weight excluding hydrogens is 659 g/mol. The van der Waals surface area contributed by atoms with Crippen LogP contribution < -0.4 is 29.6 Å². The van der Waals surface area contributed by atoms with Crippen LogP contribution in [0.2, 0.25) is 0 Å². The monoisotopic (exact) mass is 722 g/mol. The number of carboxylic acids is 1. The van der Waals surface area contributed by atoms with Crippen LogP contribution in [0.3, 0.4) is 0 Å². The van der Waals surface area contributed by atoms with E-state index in [1.54, 1.807) is 6.92 Å². The molecule has 5 aliphatic rings. The molecule has 0 aromatic carbocycles. The molecule has 5 aliphatic heterocycles. The van der Waals surface area contributed by atoms with Crippen LogP contribution in [0.25, 0.3) is 0 Å². The van der Waals surface area contributed by atoms with Crippen molar-refractivity contribution in [2.75, 3.05) is 6.61 Å². The number of carbonyl (C=O) groups is 2. The molecule has 0 saturated carbocycles. The van der Waals surface area contributed by atoms with Gasteiger partial charge in [-0.15, -0.1) is 0 Å². The largest absolute Gasteiger partial charge is 1.00 e. The van der Waals surface area contributed by atoms with E-state index in [1.165, 1.54) is 6.92 Å². The van der Waals surface area contributed by atoms with Gasteiger partial charge in [0, 0.05) is 37.0 Å². The topological polar surface area (TPSA) is 170 Å². The maximum Gasteiger partial charge on any atom is 1.00 e. The van der Waals surface area contributed by atoms with E-state index in [9.17, 15) is 30.0 Å². The summed E-state index contributed by atoms with van der Waals surface area (Å²) in [5.41, 5.74) is -1.29. The van der Waals surface area contributed by atoms with Gasteiger partial charge >= 0.3 is 41.5 Å². The molecule has 284 valence electrons. The number of esters is 1. The Hall–Kier alpha value is -0.380. The first-order chi connectivity index (χ1) is 22.8. The molecule has 4 N–H and O–H groups in total. The molecule has 5 rings (SSSR count). The van der Waals surface area contributed by atoms with Gasteiger partial charge < -0.3 is 50.3 Å². The number of carbonyl (C=O) groups excluding carboxylic acids is 1. The third-order valence-corrected chi connectivity index (χ3v) is 12.9. The molecule has 0 radical (unpaired) electrons. The Morgan fingerprint density at radius 2 is 1.66 bits per heavy atom. The van der Waals surface area contributed by atoms with Gasteiger partial charge in [-0.2, -0.15) is 0 Å². The number of aliphatic hydroxyl groups is 3. The van der Waals surface area contributed by atoms with E-state index in [4.69, 9.17) is 28.4 Å². The Balaban J connectivity index is 0.00000351. The first-order valence-corrected chi connectivity index (χ1v) is 18.6. The summed E-state index contributed by atoms with van der Waals surface area (Å²) in [5, 5.41) is 42.0. The van der Waals surface area contributed by atoms with E-state index in [0.29, 0.717) is 12.8 Å². The van der Waals surface area contributed by atoms with E-state index < -0.39 is 71.5 Å². The molecule has 5 saturated heterocycles. The van der Waals surface area contributed by atoms with Gasteiger partial charge in [0.1, 0.15) is 6.10 Å². The van der Waals surface area contributed by atoms with E-state index in [2.05, 4.69) is 20.8 Å². The van der Waals surface area contributed by atoms with Crippen LogP contribution >= 0.6 is 0 Å². The summed E-state index contributed by atoms with van der Waals surface area (Å²) < 4.78 is 39.1. The Kier molecular flexibility index (Phi) is 13.4. The van der Waals surface area contributed by atoms with Crippen molar-refractivity contribution >= 4 is 11.9 Å². The second-order valence-electron chi connectivity index (χ2n) is 16.8. The average Bonchev–Trinajstić information content (AvgIpc) is 3.74. The quantitative estimate of drug-likeness (QED) is 0.189. The summed E-state index contributed by atoms with van der Waals surface area (Å²) in [6.45, 7) is 16.7. The molecule has 1 spiro atoms. The van der Waals surface area contributed by atoms with Crippen molar-refractivity contribution in [3.63, 3.8) is 0 Å². The van der Waals surface area contributed by atoms with Crippen molar-refractivity contribution in [1.29, 1.82) is 0 Å². The molecule has 5 fully saturated rings. The molecule has 0 aliphatic carbocycles. The van der Waals surface area contributed by atoms with Crippen molar-refractivity contribution < 1.29 is 89.4 Å². The Bertz CT molecular complexity index is 1210. The fraction of sp³-hybridized carbons (Fsp3) is 0.946. The fourth-order valence-electron chi connectivity index (χ4n) is 9.66. The number of carboxylic acid groups (broad SMARTS) is 1. The van der Waals surface area contributed by atoms with Crippen LogP contribution in [0.4, 0.5) is 0 Å². The minimum Gasteiger partial charge on any atom is -1.00 e. The first kappa shape index (κ1) is 42.4. The second kappa shape index (κ2) is 15.8. The number of aliphatic carboxylic acids is 1. The van der Waals surface area contributed by atoms with Gasteiger partial charge in [-0.05, 0) is 64.7 Å². The van der Waals surface area contributed by atoms with Gasteiger partial charge in [-0.25, -0.2) is 0 Å². The van der Waals surface area contributed by atoms with Crippen LogP contribution in [-0.4, -0.2) is 104 Å². The van der Waals surface area contributed by atoms with Gasteiger partial charge in [0.15, 0.2) is 11.6 Å². The summed E-state index contributed by atoms with van der Waals surface area (Å²) >= 11 is 0. The van der Waals surface area contributed by atoms with E-state index in [1.807, 2.05) is 27.7 Å². The molecule has 5 heterocycles. The normalized spacial score (nSPS) is 48.2. The van der Waals surface area contributed by atoms with Crippen LogP contribution in [-0.2, 0) is 38.0 Å². The summed E-state index contributed by atoms with van der Waals surface area (Å²) in [7, 11) is 0. The van der Waals surface area contributed by atoms with Crippen molar-refractivity contribution in [3.8, 4) is 0 Å². The second-order valence-corrected chi connectivity index (χ2v) is 16.8. The molecular formula is C37H63NaO12. The number of aliphatic hydroxyl groups excluding tert-OH is 2. The third kappa shape index (κ3) is 8.02. The average molecular weight is 723 g/mol. The Morgan fingerprint density at radius 1 is 0.980 bits per heavy atom. The molecule has 0 aromatic heterocycles. The Morgan fingerprint density at radius 3 is 2.28 bits per heavy atom. The van der Waals surface area contributed by atoms with Gasteiger partial charge in [0.05, 0.1) is 60.4 Å². The molecule has 50 heavy (non-hydrogen) atoms. The summed E-state index contributed by atoms with van der Waals surface area (Å²) in [6, 6.07) is 0. The molecule has 12 nitrogen and oxygen atoms in total.